The first-order chi connectivity index (χ1) is 8.16. The maximum absolute atomic E-state index is 11.4. The molecule has 0 aliphatic rings. The topological polar surface area (TPSA) is 88.9 Å². The van der Waals surface area contributed by atoms with Crippen molar-refractivity contribution >= 4 is 17.4 Å². The quantitative estimate of drug-likeness (QED) is 0.662. The largest absolute Gasteiger partial charge is 0.312 e. The molecule has 86 valence electrons. The average Bonchev–Trinajstić information content (AvgIpc) is 2.33. The number of nitrogens with zero attached hydrogens (tertiary/aromatic N) is 2. The van der Waals surface area contributed by atoms with E-state index in [1.807, 2.05) is 0 Å². The fraction of sp³-hybridized carbons (Fsp3) is 0. The molecule has 1 aromatic carbocycles. The predicted octanol–water partition coefficient (Wildman–Crippen LogP) is 1.83. The van der Waals surface area contributed by atoms with E-state index in [0.717, 1.165) is 4.90 Å². The number of hydrogen-bond donors (Lipinski definition) is 1. The fourth-order valence-corrected chi connectivity index (χ4v) is 1.96. The normalized spacial score (nSPS) is 10.1. The van der Waals surface area contributed by atoms with Gasteiger partial charge in [-0.2, -0.15) is 0 Å². The fourth-order valence-electron chi connectivity index (χ4n) is 1.17. The van der Waals surface area contributed by atoms with Crippen LogP contribution in [0, 0.1) is 10.1 Å². The van der Waals surface area contributed by atoms with Crippen molar-refractivity contribution in [3.63, 3.8) is 0 Å². The second kappa shape index (κ2) is 4.79. The van der Waals surface area contributed by atoms with Gasteiger partial charge in [0.2, 0.25) is 0 Å². The zero-order valence-electron chi connectivity index (χ0n) is 8.49. The van der Waals surface area contributed by atoms with Crippen molar-refractivity contribution in [3.8, 4) is 0 Å². The van der Waals surface area contributed by atoms with Crippen molar-refractivity contribution in [2.45, 2.75) is 9.79 Å². The van der Waals surface area contributed by atoms with Crippen LogP contribution in [0.2, 0.25) is 0 Å². The number of nitro benzene ring substituents is 1. The molecule has 0 saturated heterocycles. The van der Waals surface area contributed by atoms with Crippen LogP contribution in [0.5, 0.6) is 0 Å². The van der Waals surface area contributed by atoms with Crippen molar-refractivity contribution in [1.29, 1.82) is 0 Å². The van der Waals surface area contributed by atoms with Crippen LogP contribution in [0.4, 0.5) is 5.69 Å². The molecule has 0 spiro atoms. The Balaban J connectivity index is 2.23. The van der Waals surface area contributed by atoms with Crippen molar-refractivity contribution in [1.82, 2.24) is 9.97 Å². The highest BCUT2D eigenvalue weighted by Gasteiger charge is 2.06. The Labute approximate surface area is 99.9 Å². The Morgan fingerprint density at radius 2 is 2.00 bits per heavy atom. The minimum absolute atomic E-state index is 0.0226. The summed E-state index contributed by atoms with van der Waals surface area (Å²) in [7, 11) is 0. The van der Waals surface area contributed by atoms with Gasteiger partial charge in [0.25, 0.3) is 11.2 Å². The summed E-state index contributed by atoms with van der Waals surface area (Å²) in [5.74, 6) is 0. The first-order valence-electron chi connectivity index (χ1n) is 4.62. The van der Waals surface area contributed by atoms with Crippen LogP contribution in [0.3, 0.4) is 0 Å². The van der Waals surface area contributed by atoms with Gasteiger partial charge in [-0.25, -0.2) is 4.98 Å². The minimum atomic E-state index is -0.467. The van der Waals surface area contributed by atoms with E-state index in [2.05, 4.69) is 9.97 Å². The molecule has 0 aliphatic heterocycles. The van der Waals surface area contributed by atoms with Crippen LogP contribution >= 0.6 is 11.8 Å². The Hall–Kier alpha value is -2.15. The molecule has 1 heterocycles. The summed E-state index contributed by atoms with van der Waals surface area (Å²) < 4.78 is 0. The molecule has 0 atom stereocenters. The van der Waals surface area contributed by atoms with Gasteiger partial charge in [0.1, 0.15) is 0 Å². The number of nitro groups is 1. The third kappa shape index (κ3) is 2.70. The second-order valence-electron chi connectivity index (χ2n) is 3.10. The van der Waals surface area contributed by atoms with E-state index in [1.54, 1.807) is 12.1 Å². The van der Waals surface area contributed by atoms with Crippen LogP contribution < -0.4 is 5.56 Å². The van der Waals surface area contributed by atoms with Crippen LogP contribution in [0.1, 0.15) is 0 Å². The number of benzene rings is 1. The van der Waals surface area contributed by atoms with E-state index in [4.69, 9.17) is 0 Å². The first-order valence-corrected chi connectivity index (χ1v) is 5.43. The lowest BCUT2D eigenvalue weighted by molar-refractivity contribution is -0.384. The highest BCUT2D eigenvalue weighted by molar-refractivity contribution is 7.99. The van der Waals surface area contributed by atoms with E-state index >= 15 is 0 Å². The van der Waals surface area contributed by atoms with E-state index in [9.17, 15) is 14.9 Å². The first kappa shape index (κ1) is 11.3. The monoisotopic (exact) mass is 249 g/mol. The Morgan fingerprint density at radius 1 is 1.29 bits per heavy atom. The summed E-state index contributed by atoms with van der Waals surface area (Å²) in [4.78, 5) is 28.8. The lowest BCUT2D eigenvalue weighted by atomic mass is 10.3. The number of rotatable bonds is 3. The average molecular weight is 249 g/mol. The summed E-state index contributed by atoms with van der Waals surface area (Å²) in [5.41, 5.74) is -0.210. The second-order valence-corrected chi connectivity index (χ2v) is 4.21. The van der Waals surface area contributed by atoms with Crippen molar-refractivity contribution in [2.75, 3.05) is 0 Å². The maximum Gasteiger partial charge on any atom is 0.269 e. The molecule has 1 aromatic heterocycles. The van der Waals surface area contributed by atoms with Gasteiger partial charge < -0.3 is 4.98 Å². The zero-order chi connectivity index (χ0) is 12.3. The molecule has 2 aromatic rings. The van der Waals surface area contributed by atoms with E-state index in [-0.39, 0.29) is 11.2 Å². The Morgan fingerprint density at radius 3 is 2.59 bits per heavy atom. The molecule has 0 bridgehead atoms. The number of aromatic nitrogens is 2. The van der Waals surface area contributed by atoms with E-state index < -0.39 is 4.92 Å². The van der Waals surface area contributed by atoms with Crippen molar-refractivity contribution in [2.24, 2.45) is 0 Å². The van der Waals surface area contributed by atoms with E-state index in [1.165, 1.54) is 36.4 Å². The molecule has 0 aliphatic carbocycles. The molecule has 7 heteroatoms. The van der Waals surface area contributed by atoms with Gasteiger partial charge in [0.05, 0.1) is 16.1 Å². The third-order valence-corrected chi connectivity index (χ3v) is 2.98. The number of nitrogens with one attached hydrogen (secondary N) is 1. The number of non-ortho nitro benzene ring substituents is 1. The highest BCUT2D eigenvalue weighted by atomic mass is 32.2. The minimum Gasteiger partial charge on any atom is -0.312 e. The Kier molecular flexibility index (Phi) is 3.20. The van der Waals surface area contributed by atoms with Gasteiger partial charge in [0.15, 0.2) is 0 Å². The summed E-state index contributed by atoms with van der Waals surface area (Å²) in [6, 6.07) is 5.98. The van der Waals surface area contributed by atoms with Crippen LogP contribution in [0.15, 0.2) is 51.4 Å². The molecule has 6 nitrogen and oxygen atoms in total. The molecule has 1 N–H and O–H groups in total. The van der Waals surface area contributed by atoms with Crippen molar-refractivity contribution in [3.05, 3.63) is 57.3 Å². The summed E-state index contributed by atoms with van der Waals surface area (Å²) in [6.07, 6.45) is 2.76. The molecule has 0 amide bonds. The summed E-state index contributed by atoms with van der Waals surface area (Å²) >= 11 is 1.21. The molecular formula is C10H7N3O3S. The molecule has 0 saturated carbocycles. The lowest BCUT2D eigenvalue weighted by Gasteiger charge is -1.99. The van der Waals surface area contributed by atoms with E-state index in [0.29, 0.717) is 4.90 Å². The lowest BCUT2D eigenvalue weighted by Crippen LogP contribution is -2.07. The molecule has 0 radical (unpaired) electrons. The molecular weight excluding hydrogens is 242 g/mol. The highest BCUT2D eigenvalue weighted by Crippen LogP contribution is 2.25. The number of aromatic amines is 1. The summed E-state index contributed by atoms with van der Waals surface area (Å²) in [6.45, 7) is 0. The predicted molar refractivity (Wildman–Crippen MR) is 62.1 cm³/mol. The van der Waals surface area contributed by atoms with Gasteiger partial charge in [-0.05, 0) is 12.1 Å². The SMILES string of the molecule is O=c1[nH]cncc1Sc1ccc([N+](=O)[O-])cc1. The molecule has 17 heavy (non-hydrogen) atoms. The van der Waals surface area contributed by atoms with Gasteiger partial charge >= 0.3 is 0 Å². The van der Waals surface area contributed by atoms with Crippen LogP contribution in [-0.4, -0.2) is 14.9 Å². The van der Waals surface area contributed by atoms with Crippen LogP contribution in [0.25, 0.3) is 0 Å². The smallest absolute Gasteiger partial charge is 0.269 e. The molecule has 0 fully saturated rings. The summed E-state index contributed by atoms with van der Waals surface area (Å²) in [5, 5.41) is 10.5. The maximum atomic E-state index is 11.4. The third-order valence-electron chi connectivity index (χ3n) is 1.96. The van der Waals surface area contributed by atoms with Gasteiger partial charge in [0, 0.05) is 23.2 Å². The standard InChI is InChI=1S/C10H7N3O3S/c14-10-9(5-11-6-12-10)17-8-3-1-7(2-4-8)13(15)16/h1-6H,(H,11,12,14). The van der Waals surface area contributed by atoms with Gasteiger partial charge in [-0.15, -0.1) is 0 Å². The Bertz CT molecular complexity index is 594. The van der Waals surface area contributed by atoms with Crippen molar-refractivity contribution < 1.29 is 4.92 Å². The number of H-pyrrole nitrogens is 1. The zero-order valence-corrected chi connectivity index (χ0v) is 9.31. The number of hydrogen-bond acceptors (Lipinski definition) is 5. The molecule has 0 unspecified atom stereocenters. The molecule has 2 rings (SSSR count). The van der Waals surface area contributed by atoms with Gasteiger partial charge in [-0.1, -0.05) is 11.8 Å². The van der Waals surface area contributed by atoms with Crippen LogP contribution in [-0.2, 0) is 0 Å². The van der Waals surface area contributed by atoms with Gasteiger partial charge in [-0.3, -0.25) is 14.9 Å².